The quantitative estimate of drug-likeness (QED) is 0.360. The molecule has 2 heterocycles. The van der Waals surface area contributed by atoms with E-state index in [1.807, 2.05) is 57.2 Å². The van der Waals surface area contributed by atoms with E-state index in [0.29, 0.717) is 29.5 Å². The van der Waals surface area contributed by atoms with Crippen molar-refractivity contribution in [2.45, 2.75) is 30.5 Å². The third kappa shape index (κ3) is 5.51. The minimum atomic E-state index is -3.44. The molecule has 0 bridgehead atoms. The van der Waals surface area contributed by atoms with Gasteiger partial charge in [0.15, 0.2) is 9.84 Å². The molecule has 36 heavy (non-hydrogen) atoms. The van der Waals surface area contributed by atoms with Gasteiger partial charge in [0.2, 0.25) is 5.89 Å². The fourth-order valence-electron chi connectivity index (χ4n) is 3.86. The smallest absolute Gasteiger partial charge is 0.268 e. The van der Waals surface area contributed by atoms with Gasteiger partial charge in [-0.1, -0.05) is 24.3 Å². The van der Waals surface area contributed by atoms with Gasteiger partial charge in [-0.05, 0) is 64.8 Å². The molecule has 0 aliphatic carbocycles. The molecule has 0 aliphatic heterocycles. The van der Waals surface area contributed by atoms with E-state index in [1.54, 1.807) is 37.4 Å². The van der Waals surface area contributed by atoms with Gasteiger partial charge in [0.05, 0.1) is 27.7 Å². The SMILES string of the molecule is CNCc1ccc(-c2nnc(-c3nc(-c4ccc(S(=O)(=O)C(C)CN(C)C)cc4)cnc3C)o2)cc1.[HH]. The molecular weight excluding hydrogens is 476 g/mol. The summed E-state index contributed by atoms with van der Waals surface area (Å²) in [6.07, 6.45) is 1.65. The summed E-state index contributed by atoms with van der Waals surface area (Å²) in [4.78, 5) is 11.3. The van der Waals surface area contributed by atoms with Crippen LogP contribution in [0.4, 0.5) is 0 Å². The Bertz CT molecular complexity index is 1440. The lowest BCUT2D eigenvalue weighted by atomic mass is 10.1. The summed E-state index contributed by atoms with van der Waals surface area (Å²) in [6, 6.07) is 14.6. The van der Waals surface area contributed by atoms with Gasteiger partial charge < -0.3 is 14.6 Å². The zero-order valence-corrected chi connectivity index (χ0v) is 21.9. The lowest BCUT2D eigenvalue weighted by molar-refractivity contribution is 0.405. The Morgan fingerprint density at radius 2 is 1.64 bits per heavy atom. The van der Waals surface area contributed by atoms with Crippen LogP contribution in [0.5, 0.6) is 0 Å². The third-order valence-corrected chi connectivity index (χ3v) is 7.93. The minimum absolute atomic E-state index is 0. The Labute approximate surface area is 213 Å². The van der Waals surface area contributed by atoms with Crippen LogP contribution in [0.1, 0.15) is 19.6 Å². The normalized spacial score (nSPS) is 12.7. The molecule has 1 unspecified atom stereocenters. The summed E-state index contributed by atoms with van der Waals surface area (Å²) in [5, 5.41) is 11.0. The third-order valence-electron chi connectivity index (χ3n) is 5.80. The summed E-state index contributed by atoms with van der Waals surface area (Å²) in [7, 11) is 2.18. The molecular formula is C26H32N6O3S. The Morgan fingerprint density at radius 3 is 2.28 bits per heavy atom. The number of nitrogens with one attached hydrogen (secondary N) is 1. The molecule has 4 aromatic rings. The van der Waals surface area contributed by atoms with Crippen LogP contribution in [0.15, 0.2) is 64.0 Å². The average molecular weight is 509 g/mol. The van der Waals surface area contributed by atoms with E-state index in [4.69, 9.17) is 9.40 Å². The molecule has 0 amide bonds. The van der Waals surface area contributed by atoms with E-state index in [0.717, 1.165) is 23.2 Å². The zero-order valence-electron chi connectivity index (χ0n) is 21.1. The van der Waals surface area contributed by atoms with Gasteiger partial charge in [-0.25, -0.2) is 13.4 Å². The predicted octanol–water partition coefficient (Wildman–Crippen LogP) is 3.86. The summed E-state index contributed by atoms with van der Waals surface area (Å²) < 4.78 is 31.7. The maximum Gasteiger partial charge on any atom is 0.268 e. The number of hydrogen-bond donors (Lipinski definition) is 1. The topological polar surface area (TPSA) is 114 Å². The molecule has 190 valence electrons. The Hall–Kier alpha value is -3.47. The van der Waals surface area contributed by atoms with Crippen molar-refractivity contribution < 1.29 is 14.3 Å². The predicted molar refractivity (Wildman–Crippen MR) is 141 cm³/mol. The molecule has 10 heteroatoms. The highest BCUT2D eigenvalue weighted by atomic mass is 32.2. The van der Waals surface area contributed by atoms with E-state index in [-0.39, 0.29) is 12.2 Å². The van der Waals surface area contributed by atoms with E-state index in [2.05, 4.69) is 20.5 Å². The summed E-state index contributed by atoms with van der Waals surface area (Å²) in [5.74, 6) is 0.668. The molecule has 1 atom stereocenters. The van der Waals surface area contributed by atoms with Crippen molar-refractivity contribution in [2.75, 3.05) is 27.7 Å². The van der Waals surface area contributed by atoms with Crippen molar-refractivity contribution in [1.82, 2.24) is 30.4 Å². The molecule has 4 rings (SSSR count). The molecule has 0 saturated carbocycles. The van der Waals surface area contributed by atoms with E-state index in [1.165, 1.54) is 0 Å². The highest BCUT2D eigenvalue weighted by molar-refractivity contribution is 7.92. The van der Waals surface area contributed by atoms with Gasteiger partial charge in [-0.3, -0.25) is 4.98 Å². The highest BCUT2D eigenvalue weighted by Crippen LogP contribution is 2.28. The van der Waals surface area contributed by atoms with Crippen molar-refractivity contribution in [3.8, 4) is 34.3 Å². The van der Waals surface area contributed by atoms with Crippen LogP contribution in [0.25, 0.3) is 34.3 Å². The molecule has 0 saturated heterocycles. The van der Waals surface area contributed by atoms with Gasteiger partial charge in [-0.2, -0.15) is 0 Å². The van der Waals surface area contributed by atoms with Crippen molar-refractivity contribution in [3.05, 3.63) is 66.0 Å². The number of aryl methyl sites for hydroxylation is 1. The van der Waals surface area contributed by atoms with Crippen LogP contribution in [-0.4, -0.2) is 66.4 Å². The van der Waals surface area contributed by atoms with Gasteiger partial charge in [-0.15, -0.1) is 10.2 Å². The summed E-state index contributed by atoms with van der Waals surface area (Å²) >= 11 is 0. The molecule has 1 N–H and O–H groups in total. The molecule has 0 radical (unpaired) electrons. The largest absolute Gasteiger partial charge is 0.415 e. The van der Waals surface area contributed by atoms with Gasteiger partial charge in [0, 0.05) is 25.6 Å². The Kier molecular flexibility index (Phi) is 7.58. The van der Waals surface area contributed by atoms with Crippen molar-refractivity contribution in [1.29, 1.82) is 0 Å². The van der Waals surface area contributed by atoms with E-state index >= 15 is 0 Å². The average Bonchev–Trinajstić information content (AvgIpc) is 3.35. The first-order chi connectivity index (χ1) is 17.2. The molecule has 9 nitrogen and oxygen atoms in total. The fraction of sp³-hybridized carbons (Fsp3) is 0.308. The van der Waals surface area contributed by atoms with Gasteiger partial charge in [0.1, 0.15) is 5.69 Å². The maximum atomic E-state index is 12.9. The van der Waals surface area contributed by atoms with Crippen LogP contribution < -0.4 is 5.32 Å². The monoisotopic (exact) mass is 508 g/mol. The molecule has 0 aliphatic rings. The number of benzene rings is 2. The molecule has 0 fully saturated rings. The van der Waals surface area contributed by atoms with Gasteiger partial charge >= 0.3 is 0 Å². The van der Waals surface area contributed by atoms with Crippen LogP contribution in [0.3, 0.4) is 0 Å². The van der Waals surface area contributed by atoms with Crippen molar-refractivity contribution >= 4 is 9.84 Å². The highest BCUT2D eigenvalue weighted by Gasteiger charge is 2.24. The Morgan fingerprint density at radius 1 is 1.00 bits per heavy atom. The molecule has 2 aromatic carbocycles. The van der Waals surface area contributed by atoms with E-state index in [9.17, 15) is 8.42 Å². The second-order valence-corrected chi connectivity index (χ2v) is 11.3. The zero-order chi connectivity index (χ0) is 25.9. The van der Waals surface area contributed by atoms with Crippen LogP contribution >= 0.6 is 0 Å². The molecule has 2 aromatic heterocycles. The minimum Gasteiger partial charge on any atom is -0.415 e. The van der Waals surface area contributed by atoms with Crippen LogP contribution in [-0.2, 0) is 16.4 Å². The first-order valence-corrected chi connectivity index (χ1v) is 13.1. The standard InChI is InChI=1S/C26H30N6O3S.H2/c1-17(16-32(4)5)36(33,34)22-12-10-20(11-13-22)23-15-28-18(2)24(29-23)26-31-30-25(35-26)21-8-6-19(7-9-21)14-27-3;/h6-13,15,17,27H,14,16H2,1-5H3;1H. The number of nitrogens with zero attached hydrogens (tertiary/aromatic N) is 5. The van der Waals surface area contributed by atoms with Crippen LogP contribution in [0, 0.1) is 6.92 Å². The number of hydrogen-bond acceptors (Lipinski definition) is 9. The number of sulfone groups is 1. The fourth-order valence-corrected chi connectivity index (χ4v) is 5.33. The lowest BCUT2D eigenvalue weighted by Crippen LogP contribution is -2.30. The Balaban J connectivity index is 0.00000380. The second-order valence-electron chi connectivity index (χ2n) is 8.97. The number of aromatic nitrogens is 4. The maximum absolute atomic E-state index is 12.9. The summed E-state index contributed by atoms with van der Waals surface area (Å²) in [5.41, 5.74) is 4.42. The second kappa shape index (κ2) is 10.7. The van der Waals surface area contributed by atoms with Gasteiger partial charge in [0.25, 0.3) is 5.89 Å². The first-order valence-electron chi connectivity index (χ1n) is 11.6. The number of rotatable bonds is 9. The van der Waals surface area contributed by atoms with Crippen molar-refractivity contribution in [2.24, 2.45) is 0 Å². The van der Waals surface area contributed by atoms with Crippen LogP contribution in [0.2, 0.25) is 0 Å². The first kappa shape index (κ1) is 25.6. The molecule has 0 spiro atoms. The lowest BCUT2D eigenvalue weighted by Gasteiger charge is -2.17. The van der Waals surface area contributed by atoms with Crippen molar-refractivity contribution in [3.63, 3.8) is 0 Å². The summed E-state index contributed by atoms with van der Waals surface area (Å²) in [6.45, 7) is 4.77. The van der Waals surface area contributed by atoms with E-state index < -0.39 is 15.1 Å².